The molecule has 1 aliphatic heterocycles. The van der Waals surface area contributed by atoms with Crippen molar-refractivity contribution in [3.8, 4) is 11.6 Å². The van der Waals surface area contributed by atoms with Crippen LogP contribution < -0.4 is 15.9 Å². The van der Waals surface area contributed by atoms with E-state index in [1.165, 1.54) is 35.8 Å². The van der Waals surface area contributed by atoms with Crippen LogP contribution in [0.3, 0.4) is 0 Å². The number of nitrogens with zero attached hydrogens (tertiary/aromatic N) is 7. The van der Waals surface area contributed by atoms with Crippen LogP contribution in [0.15, 0.2) is 26.9 Å². The van der Waals surface area contributed by atoms with Crippen LogP contribution >= 0.6 is 46.7 Å². The van der Waals surface area contributed by atoms with Gasteiger partial charge in [-0.05, 0) is 22.4 Å². The molecule has 0 atom stereocenters. The van der Waals surface area contributed by atoms with E-state index in [1.807, 2.05) is 0 Å². The molecule has 1 aromatic carbocycles. The van der Waals surface area contributed by atoms with Gasteiger partial charge < -0.3 is 10.5 Å². The van der Waals surface area contributed by atoms with Crippen molar-refractivity contribution in [2.75, 3.05) is 25.1 Å². The molecule has 0 bridgehead atoms. The van der Waals surface area contributed by atoms with Crippen LogP contribution in [0.2, 0.25) is 10.0 Å². The summed E-state index contributed by atoms with van der Waals surface area (Å²) in [6.45, 7) is 0.754. The zero-order valence-corrected chi connectivity index (χ0v) is 20.0. The van der Waals surface area contributed by atoms with Crippen LogP contribution in [0, 0.1) is 0 Å². The van der Waals surface area contributed by atoms with Gasteiger partial charge in [-0.3, -0.25) is 9.79 Å². The van der Waals surface area contributed by atoms with Crippen LogP contribution in [-0.4, -0.2) is 61.2 Å². The number of nitrogens with one attached hydrogen (secondary N) is 1. The lowest BCUT2D eigenvalue weighted by Gasteiger charge is -2.07. The van der Waals surface area contributed by atoms with Crippen LogP contribution in [0.5, 0.6) is 5.75 Å². The van der Waals surface area contributed by atoms with Gasteiger partial charge in [-0.15, -0.1) is 5.10 Å². The number of nitrogen functional groups attached to an aromatic ring is 1. The third-order valence-corrected chi connectivity index (χ3v) is 6.94. The quantitative estimate of drug-likeness (QED) is 0.345. The number of carbonyl (C=O) groups is 1. The number of hydrazone groups is 1. The fraction of sp³-hybridized carbons (Fsp3) is 0.235. The Kier molecular flexibility index (Phi) is 7.37. The summed E-state index contributed by atoms with van der Waals surface area (Å²) in [5.41, 5.74) is 9.14. The first kappa shape index (κ1) is 23.4. The highest BCUT2D eigenvalue weighted by molar-refractivity contribution is 8.38. The third kappa shape index (κ3) is 5.24. The summed E-state index contributed by atoms with van der Waals surface area (Å²) >= 11 is 15.2. The molecule has 16 heteroatoms. The Morgan fingerprint density at radius 3 is 3.00 bits per heavy atom. The van der Waals surface area contributed by atoms with Crippen LogP contribution in [-0.2, 0) is 5.75 Å². The summed E-state index contributed by atoms with van der Waals surface area (Å²) in [6, 6.07) is 3.14. The predicted octanol–water partition coefficient (Wildman–Crippen LogP) is 2.65. The number of aromatic nitrogens is 5. The standard InChI is InChI=1S/C17H15Cl2N9O3S2/c1-30-13-8(4-9(18)5-10(13)19)6-22-24-16(29)12-11(7-33-17-21-2-3-32-17)28(27-23-12)15-14(20)25-31-26-15/h4-6H,2-3,7H2,1H3,(H2,20,25)(H,24,29)/b22-6-. The SMILES string of the molecule is COc1c(Cl)cc(Cl)cc1/C=N\NC(=O)c1nnn(-c2nonc2N)c1CSC1=NCCS1. The number of thioether (sulfide) groups is 2. The first-order valence-corrected chi connectivity index (χ1v) is 11.9. The number of amides is 1. The molecule has 0 fully saturated rings. The largest absolute Gasteiger partial charge is 0.495 e. The molecule has 2 aromatic heterocycles. The molecule has 0 radical (unpaired) electrons. The van der Waals surface area contributed by atoms with Crippen molar-refractivity contribution < 1.29 is 14.2 Å². The summed E-state index contributed by atoms with van der Waals surface area (Å²) in [5.74, 6) is 1.14. The number of anilines is 1. The first-order chi connectivity index (χ1) is 16.0. The zero-order chi connectivity index (χ0) is 23.4. The average Bonchev–Trinajstić information content (AvgIpc) is 3.52. The Morgan fingerprint density at radius 2 is 2.30 bits per heavy atom. The van der Waals surface area contributed by atoms with Gasteiger partial charge >= 0.3 is 0 Å². The summed E-state index contributed by atoms with van der Waals surface area (Å²) < 4.78 is 12.1. The molecule has 3 N–H and O–H groups in total. The lowest BCUT2D eigenvalue weighted by molar-refractivity contribution is 0.0949. The molecular formula is C17H15Cl2N9O3S2. The number of benzene rings is 1. The van der Waals surface area contributed by atoms with Gasteiger partial charge in [-0.25, -0.2) is 10.1 Å². The van der Waals surface area contributed by atoms with Gasteiger partial charge in [-0.2, -0.15) is 9.78 Å². The molecule has 3 heterocycles. The summed E-state index contributed by atoms with van der Waals surface area (Å²) in [6.07, 6.45) is 1.36. The highest BCUT2D eigenvalue weighted by atomic mass is 35.5. The Bertz CT molecular complexity index is 1240. The van der Waals surface area contributed by atoms with Crippen molar-refractivity contribution in [1.29, 1.82) is 0 Å². The van der Waals surface area contributed by atoms with Crippen molar-refractivity contribution in [2.45, 2.75) is 5.75 Å². The van der Waals surface area contributed by atoms with Gasteiger partial charge in [0.2, 0.25) is 11.6 Å². The lowest BCUT2D eigenvalue weighted by atomic mass is 10.2. The molecule has 0 unspecified atom stereocenters. The molecule has 0 aliphatic carbocycles. The monoisotopic (exact) mass is 527 g/mol. The summed E-state index contributed by atoms with van der Waals surface area (Å²) in [5, 5.41) is 19.9. The minimum Gasteiger partial charge on any atom is -0.495 e. The van der Waals surface area contributed by atoms with Gasteiger partial charge in [-0.1, -0.05) is 51.9 Å². The number of halogens is 2. The summed E-state index contributed by atoms with van der Waals surface area (Å²) in [7, 11) is 1.46. The van der Waals surface area contributed by atoms with Crippen molar-refractivity contribution in [1.82, 2.24) is 30.7 Å². The lowest BCUT2D eigenvalue weighted by Crippen LogP contribution is -2.20. The van der Waals surface area contributed by atoms with Crippen LogP contribution in [0.4, 0.5) is 5.82 Å². The van der Waals surface area contributed by atoms with Gasteiger partial charge in [0.25, 0.3) is 5.91 Å². The van der Waals surface area contributed by atoms with E-state index in [1.54, 1.807) is 17.8 Å². The molecular weight excluding hydrogens is 513 g/mol. The van der Waals surface area contributed by atoms with Gasteiger partial charge in [0.05, 0.1) is 30.6 Å². The average molecular weight is 528 g/mol. The van der Waals surface area contributed by atoms with E-state index in [4.69, 9.17) is 33.7 Å². The molecule has 0 saturated carbocycles. The maximum atomic E-state index is 12.8. The van der Waals surface area contributed by atoms with Crippen LogP contribution in [0.1, 0.15) is 21.7 Å². The minimum absolute atomic E-state index is 0.00800. The second kappa shape index (κ2) is 10.4. The third-order valence-electron chi connectivity index (χ3n) is 4.18. The van der Waals surface area contributed by atoms with Crippen molar-refractivity contribution in [3.63, 3.8) is 0 Å². The van der Waals surface area contributed by atoms with Crippen molar-refractivity contribution in [2.24, 2.45) is 10.1 Å². The molecule has 4 rings (SSSR count). The van der Waals surface area contributed by atoms with Gasteiger partial charge in [0, 0.05) is 22.1 Å². The normalized spacial score (nSPS) is 13.5. The van der Waals surface area contributed by atoms with E-state index in [0.29, 0.717) is 32.8 Å². The second-order valence-corrected chi connectivity index (χ2v) is 9.41. The number of carbonyl (C=O) groups excluding carboxylic acids is 1. The van der Waals surface area contributed by atoms with E-state index >= 15 is 0 Å². The molecule has 3 aromatic rings. The minimum atomic E-state index is -0.601. The number of hydrogen-bond donors (Lipinski definition) is 2. The van der Waals surface area contributed by atoms with Gasteiger partial charge in [0.15, 0.2) is 5.69 Å². The molecule has 0 spiro atoms. The highest BCUT2D eigenvalue weighted by Gasteiger charge is 2.25. The maximum absolute atomic E-state index is 12.8. The molecule has 1 aliphatic rings. The summed E-state index contributed by atoms with van der Waals surface area (Å²) in [4.78, 5) is 17.2. The number of methoxy groups -OCH3 is 1. The zero-order valence-electron chi connectivity index (χ0n) is 16.9. The van der Waals surface area contributed by atoms with Gasteiger partial charge in [0.1, 0.15) is 10.1 Å². The van der Waals surface area contributed by atoms with Crippen molar-refractivity contribution >= 4 is 69.0 Å². The molecule has 12 nitrogen and oxygen atoms in total. The fourth-order valence-electron chi connectivity index (χ4n) is 2.75. The number of nitrogens with two attached hydrogens (primary N) is 1. The van der Waals surface area contributed by atoms with Crippen molar-refractivity contribution in [3.05, 3.63) is 39.1 Å². The molecule has 172 valence electrons. The molecule has 33 heavy (non-hydrogen) atoms. The smallest absolute Gasteiger partial charge is 0.293 e. The Morgan fingerprint density at radius 1 is 1.45 bits per heavy atom. The maximum Gasteiger partial charge on any atom is 0.293 e. The van der Waals surface area contributed by atoms with E-state index in [0.717, 1.165) is 16.7 Å². The van der Waals surface area contributed by atoms with Crippen LogP contribution in [0.25, 0.3) is 5.82 Å². The number of rotatable bonds is 7. The molecule has 0 saturated heterocycles. The topological polar surface area (TPSA) is 159 Å². The highest BCUT2D eigenvalue weighted by Crippen LogP contribution is 2.31. The van der Waals surface area contributed by atoms with E-state index < -0.39 is 5.91 Å². The number of hydrogen-bond acceptors (Lipinski definition) is 12. The second-order valence-electron chi connectivity index (χ2n) is 6.26. The Labute approximate surface area is 205 Å². The predicted molar refractivity (Wildman–Crippen MR) is 128 cm³/mol. The first-order valence-electron chi connectivity index (χ1n) is 9.17. The number of ether oxygens (including phenoxy) is 1. The van der Waals surface area contributed by atoms with E-state index in [9.17, 15) is 4.79 Å². The van der Waals surface area contributed by atoms with E-state index in [-0.39, 0.29) is 17.3 Å². The number of aliphatic imine (C=N–C) groups is 1. The molecule has 1 amide bonds. The Hall–Kier alpha value is -2.81. The fourth-order valence-corrected chi connectivity index (χ4v) is 5.34. The Balaban J connectivity index is 1.57. The van der Waals surface area contributed by atoms with E-state index in [2.05, 4.69) is 40.8 Å².